The highest BCUT2D eigenvalue weighted by atomic mass is 79.9. The van der Waals surface area contributed by atoms with Gasteiger partial charge in [0.25, 0.3) is 0 Å². The Morgan fingerprint density at radius 2 is 1.46 bits per heavy atom. The fourth-order valence-electron chi connectivity index (χ4n) is 4.04. The zero-order valence-corrected chi connectivity index (χ0v) is 21.3. The minimum atomic E-state index is -4.52. The van der Waals surface area contributed by atoms with E-state index in [0.717, 1.165) is 21.7 Å². The molecule has 1 heterocycles. The summed E-state index contributed by atoms with van der Waals surface area (Å²) in [6.07, 6.45) is -4.52. The summed E-state index contributed by atoms with van der Waals surface area (Å²) >= 11 is 3.44. The third-order valence-corrected chi connectivity index (χ3v) is 6.69. The van der Waals surface area contributed by atoms with Crippen LogP contribution < -0.4 is 0 Å². The Kier molecular flexibility index (Phi) is 7.22. The molecule has 1 unspecified atom stereocenters. The van der Waals surface area contributed by atoms with E-state index < -0.39 is 17.5 Å². The molecule has 7 heteroatoms. The molecule has 0 fully saturated rings. The van der Waals surface area contributed by atoms with Crippen molar-refractivity contribution in [2.24, 2.45) is 0 Å². The van der Waals surface area contributed by atoms with E-state index in [1.54, 1.807) is 10.6 Å². The van der Waals surface area contributed by atoms with Gasteiger partial charge in [-0.2, -0.15) is 13.2 Å². The van der Waals surface area contributed by atoms with E-state index >= 15 is 0 Å². The summed E-state index contributed by atoms with van der Waals surface area (Å²) in [5, 5.41) is 0. The summed E-state index contributed by atoms with van der Waals surface area (Å²) in [7, 11) is 3.72. The molecule has 1 aromatic heterocycles. The van der Waals surface area contributed by atoms with Crippen molar-refractivity contribution in [3.63, 3.8) is 0 Å². The number of alkyl halides is 3. The Hall–Kier alpha value is -2.87. The van der Waals surface area contributed by atoms with E-state index in [1.807, 2.05) is 92.6 Å². The number of aromatic nitrogens is 1. The third-order valence-electron chi connectivity index (χ3n) is 6.16. The van der Waals surface area contributed by atoms with Gasteiger partial charge in [0.15, 0.2) is 5.72 Å². The molecule has 3 aromatic carbocycles. The minimum absolute atomic E-state index is 0.0503. The molecule has 4 aromatic rings. The van der Waals surface area contributed by atoms with E-state index in [4.69, 9.17) is 4.74 Å². The lowest BCUT2D eigenvalue weighted by atomic mass is 10.1. The van der Waals surface area contributed by atoms with Crippen LogP contribution in [0.5, 0.6) is 0 Å². The van der Waals surface area contributed by atoms with Gasteiger partial charge in [0, 0.05) is 4.47 Å². The molecular weight excluding hydrogens is 517 g/mol. The van der Waals surface area contributed by atoms with E-state index in [-0.39, 0.29) is 5.69 Å². The molecule has 0 spiro atoms. The molecule has 0 amide bonds. The molecule has 0 saturated carbocycles. The van der Waals surface area contributed by atoms with E-state index in [1.165, 1.54) is 12.1 Å². The highest BCUT2D eigenvalue weighted by molar-refractivity contribution is 9.10. The smallest absolute Gasteiger partial charge is 0.350 e. The minimum Gasteiger partial charge on any atom is -0.350 e. The van der Waals surface area contributed by atoms with Gasteiger partial charge in [-0.15, -0.1) is 0 Å². The number of hydrogen-bond acceptors (Lipinski definition) is 2. The Labute approximate surface area is 211 Å². The lowest BCUT2D eigenvalue weighted by Gasteiger charge is -2.38. The molecule has 0 bridgehead atoms. The first-order chi connectivity index (χ1) is 16.6. The first-order valence-corrected chi connectivity index (χ1v) is 11.9. The fraction of sp³-hybridized carbons (Fsp3) is 0.214. The zero-order chi connectivity index (χ0) is 25.2. The third kappa shape index (κ3) is 5.22. The van der Waals surface area contributed by atoms with Crippen LogP contribution in [-0.4, -0.2) is 23.6 Å². The normalized spacial score (nSPS) is 13.7. The molecule has 0 saturated heterocycles. The van der Waals surface area contributed by atoms with E-state index in [0.29, 0.717) is 18.0 Å². The molecule has 0 aliphatic carbocycles. The average Bonchev–Trinajstić information content (AvgIpc) is 3.28. The topological polar surface area (TPSA) is 17.4 Å². The molecule has 1 atom stereocenters. The Morgan fingerprint density at radius 3 is 2.09 bits per heavy atom. The first kappa shape index (κ1) is 25.2. The molecule has 35 heavy (non-hydrogen) atoms. The van der Waals surface area contributed by atoms with Gasteiger partial charge in [-0.05, 0) is 68.5 Å². The number of benzene rings is 3. The predicted molar refractivity (Wildman–Crippen MR) is 136 cm³/mol. The molecule has 3 nitrogen and oxygen atoms in total. The van der Waals surface area contributed by atoms with E-state index in [9.17, 15) is 13.2 Å². The number of halogens is 4. The second-order valence-corrected chi connectivity index (χ2v) is 9.53. The van der Waals surface area contributed by atoms with Gasteiger partial charge in [-0.1, -0.05) is 70.5 Å². The maximum atomic E-state index is 14.1. The van der Waals surface area contributed by atoms with Crippen LogP contribution in [0.2, 0.25) is 0 Å². The molecule has 0 N–H and O–H groups in total. The summed E-state index contributed by atoms with van der Waals surface area (Å²) in [6.45, 7) is 2.18. The highest BCUT2D eigenvalue weighted by Crippen LogP contribution is 2.40. The predicted octanol–water partition coefficient (Wildman–Crippen LogP) is 7.88. The van der Waals surface area contributed by atoms with Crippen molar-refractivity contribution in [3.05, 3.63) is 112 Å². The SMILES string of the molecule is CN(C)C(C)(OCc1ccccc1)c1ccc(-c2ccc(Br)cc2)n1-c1ccccc1C(F)(F)F. The van der Waals surface area contributed by atoms with Gasteiger partial charge in [0.1, 0.15) is 0 Å². The number of nitrogens with zero attached hydrogens (tertiary/aromatic N) is 2. The lowest BCUT2D eigenvalue weighted by Crippen LogP contribution is -2.42. The molecule has 4 rings (SSSR count). The quantitative estimate of drug-likeness (QED) is 0.221. The summed E-state index contributed by atoms with van der Waals surface area (Å²) in [6, 6.07) is 26.6. The maximum Gasteiger partial charge on any atom is 0.418 e. The van der Waals surface area contributed by atoms with E-state index in [2.05, 4.69) is 15.9 Å². The monoisotopic (exact) mass is 542 g/mol. The first-order valence-electron chi connectivity index (χ1n) is 11.1. The van der Waals surface area contributed by atoms with Gasteiger partial charge in [0.05, 0.1) is 29.2 Å². The molecular formula is C28H26BrF3N2O. The second kappa shape index (κ2) is 10.0. The molecule has 182 valence electrons. The van der Waals surface area contributed by atoms with Crippen LogP contribution in [0, 0.1) is 0 Å². The molecule has 0 aliphatic heterocycles. The Balaban J connectivity index is 1.93. The zero-order valence-electron chi connectivity index (χ0n) is 19.7. The van der Waals surface area contributed by atoms with Gasteiger partial charge >= 0.3 is 6.18 Å². The lowest BCUT2D eigenvalue weighted by molar-refractivity contribution is -0.145. The van der Waals surface area contributed by atoms with Gasteiger partial charge in [-0.3, -0.25) is 4.90 Å². The van der Waals surface area contributed by atoms with Gasteiger partial charge < -0.3 is 9.30 Å². The van der Waals surface area contributed by atoms with Crippen molar-refractivity contribution in [2.45, 2.75) is 25.4 Å². The number of hydrogen-bond donors (Lipinski definition) is 0. The van der Waals surface area contributed by atoms with Crippen LogP contribution in [0.25, 0.3) is 16.9 Å². The van der Waals surface area contributed by atoms with Crippen molar-refractivity contribution in [2.75, 3.05) is 14.1 Å². The molecule has 0 radical (unpaired) electrons. The van der Waals surface area contributed by atoms with Crippen LogP contribution in [0.3, 0.4) is 0 Å². The number of ether oxygens (including phenoxy) is 1. The van der Waals surface area contributed by atoms with Crippen LogP contribution in [0.4, 0.5) is 13.2 Å². The van der Waals surface area contributed by atoms with Crippen LogP contribution in [-0.2, 0) is 23.2 Å². The largest absolute Gasteiger partial charge is 0.418 e. The summed E-state index contributed by atoms with van der Waals surface area (Å²) in [5.74, 6) is 0. The maximum absolute atomic E-state index is 14.1. The summed E-state index contributed by atoms with van der Waals surface area (Å²) < 4.78 is 51.4. The number of rotatable bonds is 7. The average molecular weight is 543 g/mol. The fourth-order valence-corrected chi connectivity index (χ4v) is 4.31. The highest BCUT2D eigenvalue weighted by Gasteiger charge is 2.38. The Morgan fingerprint density at radius 1 is 0.829 bits per heavy atom. The van der Waals surface area contributed by atoms with Crippen molar-refractivity contribution < 1.29 is 17.9 Å². The van der Waals surface area contributed by atoms with Crippen molar-refractivity contribution in [1.29, 1.82) is 0 Å². The van der Waals surface area contributed by atoms with Crippen molar-refractivity contribution >= 4 is 15.9 Å². The van der Waals surface area contributed by atoms with Gasteiger partial charge in [0.2, 0.25) is 0 Å². The Bertz CT molecular complexity index is 1280. The molecule has 0 aliphatic rings. The summed E-state index contributed by atoms with van der Waals surface area (Å²) in [5.41, 5.74) is 1.31. The standard InChI is InChI=1S/C28H26BrF3N2O/c1-27(33(2)3,35-19-20-9-5-4-6-10-20)26-18-17-24(21-13-15-22(29)16-14-21)34(26)25-12-8-7-11-23(25)28(30,31)32/h4-18H,19H2,1-3H3. The second-order valence-electron chi connectivity index (χ2n) is 8.61. The van der Waals surface area contributed by atoms with Gasteiger partial charge in [-0.25, -0.2) is 0 Å². The van der Waals surface area contributed by atoms with Crippen molar-refractivity contribution in [3.8, 4) is 16.9 Å². The summed E-state index contributed by atoms with van der Waals surface area (Å²) in [4.78, 5) is 1.88. The number of para-hydroxylation sites is 1. The van der Waals surface area contributed by atoms with Crippen LogP contribution in [0.15, 0.2) is 95.5 Å². The van der Waals surface area contributed by atoms with Crippen LogP contribution >= 0.6 is 15.9 Å². The van der Waals surface area contributed by atoms with Crippen molar-refractivity contribution in [1.82, 2.24) is 9.47 Å². The van der Waals surface area contributed by atoms with Crippen LogP contribution in [0.1, 0.15) is 23.7 Å².